The summed E-state index contributed by atoms with van der Waals surface area (Å²) < 4.78 is 122. The van der Waals surface area contributed by atoms with Crippen molar-refractivity contribution in [1.29, 1.82) is 15.8 Å². The zero-order valence-electron chi connectivity index (χ0n) is 76.9. The molecule has 14 heterocycles. The van der Waals surface area contributed by atoms with Crippen molar-refractivity contribution in [1.82, 2.24) is 82.8 Å². The Bertz CT molecular complexity index is 5520. The van der Waals surface area contributed by atoms with Gasteiger partial charge in [0, 0.05) is 198 Å². The Morgan fingerprint density at radius 2 is 0.756 bits per heavy atom. The maximum atomic E-state index is 12.9. The van der Waals surface area contributed by atoms with Crippen LogP contribution in [0.25, 0.3) is 32.7 Å². The lowest BCUT2D eigenvalue weighted by Crippen LogP contribution is -2.40. The predicted molar refractivity (Wildman–Crippen MR) is 491 cm³/mol. The summed E-state index contributed by atoms with van der Waals surface area (Å²) >= 11 is 0. The number of anilines is 3. The number of unbranched alkanes of at least 4 members (excludes halogenated alkanes) is 1. The van der Waals surface area contributed by atoms with Gasteiger partial charge in [-0.2, -0.15) is 55.3 Å². The molecular weight excluding hydrogens is 1690 g/mol. The largest absolute Gasteiger partial charge is 0.401 e. The van der Waals surface area contributed by atoms with Gasteiger partial charge in [-0.3, -0.25) is 29.4 Å². The molecule has 704 valence electrons. The number of rotatable bonds is 27. The number of hydrogen-bond acceptors (Lipinski definition) is 21. The minimum absolute atomic E-state index is 0.186. The molecule has 2 atom stereocenters. The van der Waals surface area contributed by atoms with E-state index in [0.29, 0.717) is 81.1 Å². The maximum absolute atomic E-state index is 12.9. The van der Waals surface area contributed by atoms with E-state index in [1.807, 2.05) is 17.6 Å². The lowest BCUT2D eigenvalue weighted by Gasteiger charge is -2.34. The third-order valence-electron chi connectivity index (χ3n) is 28.8. The molecule has 24 nitrogen and oxygen atoms in total. The number of benzene rings is 3. The molecule has 5 saturated heterocycles. The average molecular weight is 1820 g/mol. The molecule has 0 radical (unpaired) electrons. The number of aryl methyl sites for hydroxylation is 3. The second-order valence-electron chi connectivity index (χ2n) is 38.0. The minimum Gasteiger partial charge on any atom is -0.388 e. The van der Waals surface area contributed by atoms with Gasteiger partial charge >= 0.3 is 18.5 Å². The fourth-order valence-corrected chi connectivity index (χ4v) is 21.1. The van der Waals surface area contributed by atoms with E-state index in [0.717, 1.165) is 236 Å². The zero-order valence-corrected chi connectivity index (χ0v) is 76.9. The number of halogens is 9. The quantitative estimate of drug-likeness (QED) is 0.0350. The number of hydrogen-bond donors (Lipinski definition) is 4. The average Bonchev–Trinajstić information content (AvgIpc) is 1.62. The van der Waals surface area contributed by atoms with Crippen LogP contribution in [0.5, 0.6) is 0 Å². The molecule has 33 heteroatoms. The number of piperidine rings is 5. The van der Waals surface area contributed by atoms with Crippen molar-refractivity contribution in [2.24, 2.45) is 5.92 Å². The molecule has 0 spiro atoms. The van der Waals surface area contributed by atoms with E-state index >= 15 is 0 Å². The number of likely N-dealkylation sites (tertiary alicyclic amines) is 5. The maximum Gasteiger partial charge on any atom is 0.401 e. The van der Waals surface area contributed by atoms with E-state index in [1.165, 1.54) is 110 Å². The standard InChI is InChI=1S/C33H43F3N8.C33H44F3N7O.C32H41F3N8/c1-23-4-3-10-41(18-23)14-15-44-27(17-37)16-29-24(2)25(5-6-31(29)44)19-42-11-7-26(8-12-42)40-32-28-9-13-43(21-33(34,35)36)20-30(28)38-22-39-32;1-4-6-12-32(44,5-2)20-43-26(17-37)16-28-23(3)24(7-8-30(28)43)18-41-13-9-25(10-14-41)40-31-27-11-15-42(21-33(34,35)36)19-29(27)38-22-39-31;1-23-24(5-6-30-28(23)17-26(18-36)43(30)16-15-40-10-3-2-4-11-40)19-41-12-7-25(8-13-41)39-31-27-9-14-42(21-32(33,34)35)20-29(27)37-22-38-31/h5-6,16,22-23,26H,3-4,7-15,18-21H2,1-2H3,(H,38,39,40);7-8,16,22,25,44H,4-6,9-15,18-21H2,1-3H3,(H,38,39,40);5-6,17,22,25H,2-4,7-16,19-21H2,1H3,(H,37,38,39). The van der Waals surface area contributed by atoms with Gasteiger partial charge in [0.1, 0.15) is 71.7 Å². The van der Waals surface area contributed by atoms with Crippen LogP contribution in [-0.4, -0.2) is 248 Å². The van der Waals surface area contributed by atoms with Crippen molar-refractivity contribution in [3.05, 3.63) is 158 Å². The molecule has 0 amide bonds. The highest BCUT2D eigenvalue weighted by Crippen LogP contribution is 2.38. The number of aromatic nitrogens is 9. The molecule has 8 aliphatic heterocycles. The molecule has 3 aromatic carbocycles. The third-order valence-corrected chi connectivity index (χ3v) is 28.8. The van der Waals surface area contributed by atoms with E-state index in [9.17, 15) is 60.4 Å². The number of alkyl halides is 9. The van der Waals surface area contributed by atoms with Crippen LogP contribution in [0, 0.1) is 60.7 Å². The van der Waals surface area contributed by atoms with Gasteiger partial charge in [-0.1, -0.05) is 58.2 Å². The molecular formula is C98H128F9N23O. The second kappa shape index (κ2) is 42.7. The summed E-state index contributed by atoms with van der Waals surface area (Å²) in [4.78, 5) is 42.9. The minimum atomic E-state index is -4.22. The molecule has 8 aliphatic rings. The molecule has 0 bridgehead atoms. The van der Waals surface area contributed by atoms with Crippen molar-refractivity contribution in [2.75, 3.05) is 134 Å². The van der Waals surface area contributed by atoms with Gasteiger partial charge in [-0.25, -0.2) is 29.9 Å². The molecule has 2 unspecified atom stereocenters. The van der Waals surface area contributed by atoms with E-state index in [1.54, 1.807) is 0 Å². The first kappa shape index (κ1) is 96.0. The molecule has 6 aromatic heterocycles. The highest BCUT2D eigenvalue weighted by atomic mass is 19.4. The van der Waals surface area contributed by atoms with E-state index in [-0.39, 0.29) is 37.8 Å². The van der Waals surface area contributed by atoms with Crippen LogP contribution >= 0.6 is 0 Å². The SMILES string of the molecule is CCCCC(O)(CC)Cn1c(C#N)cc2c(C)c(CN3CCC(Nc4ncnc5c4CCN(CC(F)(F)F)C5)CC3)ccc21.Cc1c(CN2CCC(Nc3ncnc4c3CCN(CC(F)(F)F)C4)CC2)ccc2c1cc(C#N)n2CCN1CCCC(C)C1.Cc1c(CN2CCC(Nc3ncnc4c3CCN(CC(F)(F)F)C4)CC2)ccc2c1cc(C#N)n2CCN1CCCCC1. The molecule has 9 aromatic rings. The number of nitriles is 3. The smallest absolute Gasteiger partial charge is 0.388 e. The van der Waals surface area contributed by atoms with Crippen molar-refractivity contribution in [3.63, 3.8) is 0 Å². The molecule has 131 heavy (non-hydrogen) atoms. The lowest BCUT2D eigenvalue weighted by atomic mass is 9.93. The highest BCUT2D eigenvalue weighted by Gasteiger charge is 2.39. The fraction of sp³-hybridized carbons (Fsp3) is 0.602. The number of aliphatic hydroxyl groups is 1. The van der Waals surface area contributed by atoms with E-state index in [4.69, 9.17) is 0 Å². The Hall–Kier alpha value is -9.60. The highest BCUT2D eigenvalue weighted by molar-refractivity contribution is 5.88. The van der Waals surface area contributed by atoms with Crippen molar-refractivity contribution in [3.8, 4) is 18.2 Å². The predicted octanol–water partition coefficient (Wildman–Crippen LogP) is 16.4. The van der Waals surface area contributed by atoms with Crippen LogP contribution in [0.15, 0.2) is 73.6 Å². The van der Waals surface area contributed by atoms with Gasteiger partial charge in [0.25, 0.3) is 0 Å². The summed E-state index contributed by atoms with van der Waals surface area (Å²) in [6.45, 7) is 28.6. The van der Waals surface area contributed by atoms with Crippen molar-refractivity contribution in [2.45, 2.75) is 258 Å². The second-order valence-corrected chi connectivity index (χ2v) is 38.0. The number of fused-ring (bicyclic) bond motifs is 6. The van der Waals surface area contributed by atoms with Crippen LogP contribution in [0.4, 0.5) is 57.0 Å². The zero-order chi connectivity index (χ0) is 92.3. The Balaban J connectivity index is 0.000000150. The van der Waals surface area contributed by atoms with Crippen LogP contribution in [-0.2, 0) is 78.2 Å². The monoisotopic (exact) mass is 1810 g/mol. The third kappa shape index (κ3) is 24.5. The molecule has 4 N–H and O–H groups in total. The lowest BCUT2D eigenvalue weighted by molar-refractivity contribution is -0.148. The van der Waals surface area contributed by atoms with Gasteiger partial charge in [0.05, 0.1) is 48.9 Å². The topological polar surface area (TPSA) is 246 Å². The molecule has 0 saturated carbocycles. The summed E-state index contributed by atoms with van der Waals surface area (Å²) in [6, 6.07) is 27.2. The van der Waals surface area contributed by atoms with Gasteiger partial charge in [-0.05, 0) is 212 Å². The Kier molecular flexibility index (Phi) is 31.3. The first-order chi connectivity index (χ1) is 63.0. The van der Waals surface area contributed by atoms with Crippen LogP contribution in [0.1, 0.15) is 201 Å². The summed E-state index contributed by atoms with van der Waals surface area (Å²) in [5.74, 6) is 3.04. The normalized spacial score (nSPS) is 19.5. The summed E-state index contributed by atoms with van der Waals surface area (Å²) in [6.07, 6.45) is 8.74. The Morgan fingerprint density at radius 1 is 0.405 bits per heavy atom. The molecule has 5 fully saturated rings. The van der Waals surface area contributed by atoms with Crippen LogP contribution in [0.2, 0.25) is 0 Å². The summed E-state index contributed by atoms with van der Waals surface area (Å²) in [7, 11) is 0. The fourth-order valence-electron chi connectivity index (χ4n) is 21.1. The van der Waals surface area contributed by atoms with Gasteiger partial charge in [-0.15, -0.1) is 0 Å². The van der Waals surface area contributed by atoms with Crippen LogP contribution < -0.4 is 16.0 Å². The molecule has 0 aliphatic carbocycles. The first-order valence-electron chi connectivity index (χ1n) is 47.5. The molecule has 17 rings (SSSR count). The van der Waals surface area contributed by atoms with E-state index in [2.05, 4.69) is 181 Å². The van der Waals surface area contributed by atoms with Gasteiger partial charge < -0.3 is 44.6 Å². The van der Waals surface area contributed by atoms with Gasteiger partial charge in [0.15, 0.2) is 0 Å². The Labute approximate surface area is 763 Å². The number of nitrogens with one attached hydrogen (secondary N) is 3. The van der Waals surface area contributed by atoms with Crippen molar-refractivity contribution < 1.29 is 44.6 Å². The summed E-state index contributed by atoms with van der Waals surface area (Å²) in [5.41, 5.74) is 16.9. The summed E-state index contributed by atoms with van der Waals surface area (Å²) in [5, 5.41) is 55.1. The number of nitrogens with zero attached hydrogens (tertiary/aromatic N) is 20. The first-order valence-corrected chi connectivity index (χ1v) is 47.5. The van der Waals surface area contributed by atoms with Crippen molar-refractivity contribution >= 4 is 50.2 Å². The van der Waals surface area contributed by atoms with Gasteiger partial charge in [0.2, 0.25) is 0 Å². The van der Waals surface area contributed by atoms with Crippen LogP contribution in [0.3, 0.4) is 0 Å². The Morgan fingerprint density at radius 3 is 1.10 bits per heavy atom. The van der Waals surface area contributed by atoms with E-state index < -0.39 is 43.8 Å².